The largest absolute Gasteiger partial charge is 0.478 e. The molecular weight excluding hydrogens is 462 g/mol. The Hall–Kier alpha value is -4.25. The fourth-order valence-electron chi connectivity index (χ4n) is 3.95. The molecule has 3 aromatic rings. The number of carbonyl (C=O) groups is 2. The Morgan fingerprint density at radius 2 is 1.91 bits per heavy atom. The van der Waals surface area contributed by atoms with Crippen LogP contribution in [0.25, 0.3) is 11.6 Å². The highest BCUT2D eigenvalue weighted by molar-refractivity contribution is 7.90. The van der Waals surface area contributed by atoms with Crippen LogP contribution in [0, 0.1) is 24.0 Å². The monoisotopic (exact) mass is 481 g/mol. The second-order valence-electron chi connectivity index (χ2n) is 7.87. The van der Waals surface area contributed by atoms with Gasteiger partial charge in [0.25, 0.3) is 11.6 Å². The third-order valence-corrected chi connectivity index (χ3v) is 7.28. The van der Waals surface area contributed by atoms with Crippen LogP contribution in [0.3, 0.4) is 0 Å². The van der Waals surface area contributed by atoms with Crippen LogP contribution < -0.4 is 5.32 Å². The number of H-pyrrole nitrogens is 1. The number of carboxylic acids is 1. The SMILES string of the molecule is Cc1[nH]c(/C=C2\C(=O)Nc3ccc(S(=O)(=O)Cc4cccc([N+](=O)[O-])c4)cc32)c(C)c1C(=O)O. The van der Waals surface area contributed by atoms with Gasteiger partial charge in [-0.05, 0) is 49.2 Å². The average molecular weight is 481 g/mol. The molecule has 0 aliphatic carbocycles. The van der Waals surface area contributed by atoms with E-state index in [2.05, 4.69) is 10.3 Å². The van der Waals surface area contributed by atoms with Gasteiger partial charge in [-0.2, -0.15) is 0 Å². The molecule has 3 N–H and O–H groups in total. The number of carboxylic acid groups (broad SMARTS) is 1. The van der Waals surface area contributed by atoms with E-state index in [1.165, 1.54) is 48.5 Å². The minimum atomic E-state index is -3.89. The summed E-state index contributed by atoms with van der Waals surface area (Å²) in [6, 6.07) is 9.60. The minimum Gasteiger partial charge on any atom is -0.478 e. The summed E-state index contributed by atoms with van der Waals surface area (Å²) in [7, 11) is -3.89. The number of nitro benzene ring substituents is 1. The summed E-state index contributed by atoms with van der Waals surface area (Å²) >= 11 is 0. The van der Waals surface area contributed by atoms with Crippen molar-refractivity contribution in [1.29, 1.82) is 0 Å². The van der Waals surface area contributed by atoms with Crippen LogP contribution in [-0.4, -0.2) is 35.3 Å². The Bertz CT molecular complexity index is 1520. The molecule has 11 heteroatoms. The summed E-state index contributed by atoms with van der Waals surface area (Å²) in [6.45, 7) is 3.23. The van der Waals surface area contributed by atoms with Crippen LogP contribution in [0.15, 0.2) is 47.4 Å². The number of carbonyl (C=O) groups excluding carboxylic acids is 1. The molecule has 0 fully saturated rings. The molecule has 0 unspecified atom stereocenters. The Balaban J connectivity index is 1.73. The predicted octanol–water partition coefficient (Wildman–Crippen LogP) is 3.70. The normalized spacial score (nSPS) is 14.2. The lowest BCUT2D eigenvalue weighted by atomic mass is 10.0. The first kappa shape index (κ1) is 22.9. The topological polar surface area (TPSA) is 159 Å². The molecule has 0 atom stereocenters. The molecule has 1 aromatic heterocycles. The number of nitrogens with one attached hydrogen (secondary N) is 2. The number of amides is 1. The quantitative estimate of drug-likeness (QED) is 0.275. The van der Waals surface area contributed by atoms with Crippen LogP contribution >= 0.6 is 0 Å². The van der Waals surface area contributed by atoms with Gasteiger partial charge in [-0.1, -0.05) is 12.1 Å². The Morgan fingerprint density at radius 1 is 1.18 bits per heavy atom. The molecule has 2 aromatic carbocycles. The maximum Gasteiger partial charge on any atom is 0.337 e. The van der Waals surface area contributed by atoms with Crippen molar-refractivity contribution in [2.24, 2.45) is 0 Å². The van der Waals surface area contributed by atoms with Gasteiger partial charge in [0.05, 0.1) is 26.7 Å². The smallest absolute Gasteiger partial charge is 0.337 e. The van der Waals surface area contributed by atoms with Gasteiger partial charge in [0.15, 0.2) is 9.84 Å². The molecule has 2 heterocycles. The molecule has 34 heavy (non-hydrogen) atoms. The van der Waals surface area contributed by atoms with E-state index in [0.717, 1.165) is 0 Å². The number of rotatable bonds is 6. The highest BCUT2D eigenvalue weighted by Gasteiger charge is 2.28. The van der Waals surface area contributed by atoms with Crippen molar-refractivity contribution in [3.63, 3.8) is 0 Å². The molecule has 10 nitrogen and oxygen atoms in total. The van der Waals surface area contributed by atoms with Crippen molar-refractivity contribution in [1.82, 2.24) is 4.98 Å². The van der Waals surface area contributed by atoms with Gasteiger partial charge in [0.2, 0.25) is 0 Å². The number of sulfone groups is 1. The number of aromatic amines is 1. The number of benzene rings is 2. The molecule has 0 saturated carbocycles. The Morgan fingerprint density at radius 3 is 2.56 bits per heavy atom. The van der Waals surface area contributed by atoms with Crippen molar-refractivity contribution in [2.45, 2.75) is 24.5 Å². The lowest BCUT2D eigenvalue weighted by molar-refractivity contribution is -0.384. The number of hydrogen-bond acceptors (Lipinski definition) is 6. The fourth-order valence-corrected chi connectivity index (χ4v) is 5.31. The third kappa shape index (κ3) is 4.08. The number of fused-ring (bicyclic) bond motifs is 1. The zero-order valence-electron chi connectivity index (χ0n) is 18.1. The van der Waals surface area contributed by atoms with Gasteiger partial charge in [0, 0.05) is 34.8 Å². The number of nitrogens with zero attached hydrogens (tertiary/aromatic N) is 1. The van der Waals surface area contributed by atoms with Crippen LogP contribution in [-0.2, 0) is 20.4 Å². The van der Waals surface area contributed by atoms with Gasteiger partial charge >= 0.3 is 5.97 Å². The number of aromatic nitrogens is 1. The minimum absolute atomic E-state index is 0.0502. The molecule has 174 valence electrons. The van der Waals surface area contributed by atoms with Crippen LogP contribution in [0.4, 0.5) is 11.4 Å². The van der Waals surface area contributed by atoms with Crippen molar-refractivity contribution in [3.8, 4) is 0 Å². The van der Waals surface area contributed by atoms with Gasteiger partial charge in [-0.15, -0.1) is 0 Å². The van der Waals surface area contributed by atoms with E-state index >= 15 is 0 Å². The van der Waals surface area contributed by atoms with E-state index in [-0.39, 0.29) is 27.3 Å². The predicted molar refractivity (Wildman–Crippen MR) is 124 cm³/mol. The Kier molecular flexibility index (Phi) is 5.57. The molecule has 0 bridgehead atoms. The van der Waals surface area contributed by atoms with E-state index in [1.807, 2.05) is 0 Å². The van der Waals surface area contributed by atoms with E-state index in [4.69, 9.17) is 0 Å². The standard InChI is InChI=1S/C23H19N3O7S/c1-12-20(24-13(2)21(12)23(28)29)10-18-17-9-16(6-7-19(17)25-22(18)27)34(32,33)11-14-4-3-5-15(8-14)26(30)31/h3-10,24H,11H2,1-2H3,(H,25,27)(H,28,29)/b18-10-. The second-order valence-corrected chi connectivity index (χ2v) is 9.86. The molecule has 4 rings (SSSR count). The van der Waals surface area contributed by atoms with E-state index in [9.17, 15) is 33.2 Å². The maximum absolute atomic E-state index is 13.0. The number of hydrogen-bond donors (Lipinski definition) is 3. The number of non-ortho nitro benzene ring substituents is 1. The fraction of sp³-hybridized carbons (Fsp3) is 0.130. The van der Waals surface area contributed by atoms with Gasteiger partial charge < -0.3 is 15.4 Å². The van der Waals surface area contributed by atoms with E-state index < -0.39 is 32.4 Å². The second kappa shape index (κ2) is 8.27. The van der Waals surface area contributed by atoms with E-state index in [0.29, 0.717) is 28.2 Å². The summed E-state index contributed by atoms with van der Waals surface area (Å²) in [5, 5.41) is 23.1. The van der Waals surface area contributed by atoms with Crippen LogP contribution in [0.1, 0.15) is 38.4 Å². The summed E-state index contributed by atoms with van der Waals surface area (Å²) in [5.41, 5.74) is 2.44. The maximum atomic E-state index is 13.0. The summed E-state index contributed by atoms with van der Waals surface area (Å²) in [5.74, 6) is -2.00. The average Bonchev–Trinajstić information content (AvgIpc) is 3.22. The van der Waals surface area contributed by atoms with Crippen molar-refractivity contribution >= 4 is 44.7 Å². The Labute approximate surface area is 194 Å². The third-order valence-electron chi connectivity index (χ3n) is 5.59. The molecular formula is C23H19N3O7S. The molecule has 0 radical (unpaired) electrons. The molecule has 0 spiro atoms. The molecule has 1 aliphatic rings. The highest BCUT2D eigenvalue weighted by Crippen LogP contribution is 2.36. The first-order chi connectivity index (χ1) is 16.0. The first-order valence-electron chi connectivity index (χ1n) is 10.0. The van der Waals surface area contributed by atoms with Crippen molar-refractivity contribution < 1.29 is 28.0 Å². The lowest BCUT2D eigenvalue weighted by Crippen LogP contribution is -2.05. The highest BCUT2D eigenvalue weighted by atomic mass is 32.2. The van der Waals surface area contributed by atoms with Crippen LogP contribution in [0.2, 0.25) is 0 Å². The van der Waals surface area contributed by atoms with Crippen molar-refractivity contribution in [2.75, 3.05) is 5.32 Å². The van der Waals surface area contributed by atoms with Gasteiger partial charge in [-0.25, -0.2) is 13.2 Å². The summed E-state index contributed by atoms with van der Waals surface area (Å²) in [4.78, 5) is 37.4. The zero-order chi connectivity index (χ0) is 24.8. The zero-order valence-corrected chi connectivity index (χ0v) is 18.9. The number of aromatic carboxylic acids is 1. The van der Waals surface area contributed by atoms with Crippen molar-refractivity contribution in [3.05, 3.63) is 86.2 Å². The summed E-state index contributed by atoms with van der Waals surface area (Å²) in [6.07, 6.45) is 1.49. The van der Waals surface area contributed by atoms with Gasteiger partial charge in [-0.3, -0.25) is 14.9 Å². The molecule has 1 aliphatic heterocycles. The van der Waals surface area contributed by atoms with Gasteiger partial charge in [0.1, 0.15) is 0 Å². The van der Waals surface area contributed by atoms with Crippen LogP contribution in [0.5, 0.6) is 0 Å². The molecule has 1 amide bonds. The van der Waals surface area contributed by atoms with E-state index in [1.54, 1.807) is 13.8 Å². The lowest BCUT2D eigenvalue weighted by Gasteiger charge is -2.07. The number of aryl methyl sites for hydroxylation is 1. The summed E-state index contributed by atoms with van der Waals surface area (Å²) < 4.78 is 26.1. The number of anilines is 1. The first-order valence-corrected chi connectivity index (χ1v) is 11.7. The molecule has 0 saturated heterocycles. The number of nitro groups is 1.